The van der Waals surface area contributed by atoms with Gasteiger partial charge in [-0.2, -0.15) is 0 Å². The molecule has 19 heavy (non-hydrogen) atoms. The highest BCUT2D eigenvalue weighted by Crippen LogP contribution is 2.24. The van der Waals surface area contributed by atoms with Gasteiger partial charge in [0, 0.05) is 30.3 Å². The second-order valence-electron chi connectivity index (χ2n) is 5.28. The molecule has 2 rings (SSSR count). The molecule has 0 amide bonds. The predicted octanol–water partition coefficient (Wildman–Crippen LogP) is 2.48. The third-order valence-corrected chi connectivity index (χ3v) is 4.31. The van der Waals surface area contributed by atoms with E-state index in [9.17, 15) is 0 Å². The molecule has 0 aliphatic carbocycles. The lowest BCUT2D eigenvalue weighted by atomic mass is 10.1. The van der Waals surface area contributed by atoms with Crippen LogP contribution in [0, 0.1) is 0 Å². The number of benzene rings is 1. The number of halogens is 1. The molecule has 3 nitrogen and oxygen atoms in total. The molecule has 4 heteroatoms. The Hall–Kier alpha value is -0.580. The third-order valence-electron chi connectivity index (χ3n) is 3.82. The number of nitrogens with two attached hydrogens (primary N) is 1. The number of likely N-dealkylation sites (N-methyl/N-ethyl adjacent to an activating group) is 1. The summed E-state index contributed by atoms with van der Waals surface area (Å²) in [6.45, 7) is 5.48. The van der Waals surface area contributed by atoms with Gasteiger partial charge in [0.1, 0.15) is 0 Å². The van der Waals surface area contributed by atoms with Crippen LogP contribution in [-0.4, -0.2) is 44.7 Å². The highest BCUT2D eigenvalue weighted by Gasteiger charge is 2.13. The van der Waals surface area contributed by atoms with Crippen molar-refractivity contribution in [1.82, 2.24) is 4.90 Å². The van der Waals surface area contributed by atoms with E-state index >= 15 is 0 Å². The molecule has 1 aliphatic rings. The van der Waals surface area contributed by atoms with Gasteiger partial charge < -0.3 is 15.5 Å². The van der Waals surface area contributed by atoms with Crippen molar-refractivity contribution in [2.24, 2.45) is 5.73 Å². The van der Waals surface area contributed by atoms with Crippen LogP contribution < -0.4 is 10.6 Å². The minimum atomic E-state index is 0.698. The second kappa shape index (κ2) is 7.27. The van der Waals surface area contributed by atoms with Crippen LogP contribution in [-0.2, 0) is 6.42 Å². The fourth-order valence-electron chi connectivity index (χ4n) is 2.70. The first kappa shape index (κ1) is 14.8. The van der Waals surface area contributed by atoms with Crippen molar-refractivity contribution in [2.45, 2.75) is 19.3 Å². The summed E-state index contributed by atoms with van der Waals surface area (Å²) in [5.41, 5.74) is 8.36. The lowest BCUT2D eigenvalue weighted by molar-refractivity contribution is 0.346. The van der Waals surface area contributed by atoms with Crippen LogP contribution >= 0.6 is 15.9 Å². The monoisotopic (exact) mass is 325 g/mol. The maximum Gasteiger partial charge on any atom is 0.0397 e. The molecule has 1 saturated heterocycles. The van der Waals surface area contributed by atoms with E-state index in [0.29, 0.717) is 6.54 Å². The van der Waals surface area contributed by atoms with E-state index in [1.54, 1.807) is 0 Å². The maximum atomic E-state index is 5.71. The van der Waals surface area contributed by atoms with Crippen molar-refractivity contribution in [3.8, 4) is 0 Å². The van der Waals surface area contributed by atoms with Crippen LogP contribution in [0.4, 0.5) is 5.69 Å². The quantitative estimate of drug-likeness (QED) is 0.872. The van der Waals surface area contributed by atoms with Gasteiger partial charge in [-0.05, 0) is 62.7 Å². The van der Waals surface area contributed by atoms with E-state index in [4.69, 9.17) is 5.73 Å². The molecule has 0 saturated carbocycles. The van der Waals surface area contributed by atoms with Crippen molar-refractivity contribution in [2.75, 3.05) is 44.7 Å². The Labute approximate surface area is 124 Å². The second-order valence-corrected chi connectivity index (χ2v) is 6.20. The van der Waals surface area contributed by atoms with Crippen LogP contribution in [0.2, 0.25) is 0 Å². The molecule has 1 fully saturated rings. The van der Waals surface area contributed by atoms with Gasteiger partial charge in [0.05, 0.1) is 0 Å². The standard InChI is InChI=1S/C15H24BrN3/c1-18(10-11-19-8-2-3-9-19)15-5-4-14(16)12-13(15)6-7-17/h4-5,12H,2-3,6-11,17H2,1H3. The van der Waals surface area contributed by atoms with E-state index in [1.807, 2.05) is 0 Å². The molecule has 1 aliphatic heterocycles. The number of likely N-dealkylation sites (tertiary alicyclic amines) is 1. The van der Waals surface area contributed by atoms with E-state index in [-0.39, 0.29) is 0 Å². The first-order valence-electron chi connectivity index (χ1n) is 7.12. The van der Waals surface area contributed by atoms with Crippen molar-refractivity contribution in [1.29, 1.82) is 0 Å². The predicted molar refractivity (Wildman–Crippen MR) is 85.8 cm³/mol. The first-order chi connectivity index (χ1) is 9.20. The zero-order valence-corrected chi connectivity index (χ0v) is 13.3. The minimum Gasteiger partial charge on any atom is -0.373 e. The number of rotatable bonds is 6. The topological polar surface area (TPSA) is 32.5 Å². The van der Waals surface area contributed by atoms with E-state index in [0.717, 1.165) is 24.0 Å². The van der Waals surface area contributed by atoms with Crippen molar-refractivity contribution in [3.63, 3.8) is 0 Å². The van der Waals surface area contributed by atoms with Gasteiger partial charge >= 0.3 is 0 Å². The van der Waals surface area contributed by atoms with Crippen LogP contribution in [0.3, 0.4) is 0 Å². The summed E-state index contributed by atoms with van der Waals surface area (Å²) in [5.74, 6) is 0. The van der Waals surface area contributed by atoms with E-state index in [1.165, 1.54) is 37.2 Å². The Morgan fingerprint density at radius 3 is 2.74 bits per heavy atom. The summed E-state index contributed by atoms with van der Waals surface area (Å²) >= 11 is 3.54. The molecule has 2 N–H and O–H groups in total. The van der Waals surface area contributed by atoms with Gasteiger partial charge in [-0.15, -0.1) is 0 Å². The summed E-state index contributed by atoms with van der Waals surface area (Å²) < 4.78 is 1.13. The van der Waals surface area contributed by atoms with Gasteiger partial charge in [0.25, 0.3) is 0 Å². The Balaban J connectivity index is 1.98. The molecule has 0 bridgehead atoms. The van der Waals surface area contributed by atoms with E-state index in [2.05, 4.69) is 51.0 Å². The van der Waals surface area contributed by atoms with Gasteiger partial charge in [0.15, 0.2) is 0 Å². The summed E-state index contributed by atoms with van der Waals surface area (Å²) in [6.07, 6.45) is 3.66. The smallest absolute Gasteiger partial charge is 0.0397 e. The molecule has 1 aromatic rings. The minimum absolute atomic E-state index is 0.698. The van der Waals surface area contributed by atoms with Crippen molar-refractivity contribution in [3.05, 3.63) is 28.2 Å². The number of hydrogen-bond donors (Lipinski definition) is 1. The zero-order chi connectivity index (χ0) is 13.7. The molecule has 1 heterocycles. The molecule has 0 unspecified atom stereocenters. The van der Waals surface area contributed by atoms with Crippen LogP contribution in [0.25, 0.3) is 0 Å². The van der Waals surface area contributed by atoms with Gasteiger partial charge in [-0.25, -0.2) is 0 Å². The van der Waals surface area contributed by atoms with Crippen molar-refractivity contribution >= 4 is 21.6 Å². The van der Waals surface area contributed by atoms with Crippen LogP contribution in [0.15, 0.2) is 22.7 Å². The summed E-state index contributed by atoms with van der Waals surface area (Å²) in [5, 5.41) is 0. The maximum absolute atomic E-state index is 5.71. The molecular formula is C15H24BrN3. The lowest BCUT2D eigenvalue weighted by Crippen LogP contribution is -2.31. The number of nitrogens with zero attached hydrogens (tertiary/aromatic N) is 2. The Bertz CT molecular complexity index is 402. The average molecular weight is 326 g/mol. The highest BCUT2D eigenvalue weighted by molar-refractivity contribution is 9.10. The fraction of sp³-hybridized carbons (Fsp3) is 0.600. The Kier molecular flexibility index (Phi) is 5.67. The van der Waals surface area contributed by atoms with Gasteiger partial charge in [-0.1, -0.05) is 15.9 Å². The van der Waals surface area contributed by atoms with Gasteiger partial charge in [-0.3, -0.25) is 0 Å². The Morgan fingerprint density at radius 2 is 2.05 bits per heavy atom. The van der Waals surface area contributed by atoms with Crippen LogP contribution in [0.5, 0.6) is 0 Å². The zero-order valence-electron chi connectivity index (χ0n) is 11.7. The normalized spacial score (nSPS) is 15.9. The molecule has 0 spiro atoms. The van der Waals surface area contributed by atoms with E-state index < -0.39 is 0 Å². The number of hydrogen-bond acceptors (Lipinski definition) is 3. The number of anilines is 1. The summed E-state index contributed by atoms with van der Waals surface area (Å²) in [4.78, 5) is 4.91. The molecule has 0 atom stereocenters. The first-order valence-corrected chi connectivity index (χ1v) is 7.92. The molecule has 0 aromatic heterocycles. The fourth-order valence-corrected chi connectivity index (χ4v) is 3.11. The highest BCUT2D eigenvalue weighted by atomic mass is 79.9. The molecule has 0 radical (unpaired) electrons. The Morgan fingerprint density at radius 1 is 1.32 bits per heavy atom. The molecular weight excluding hydrogens is 302 g/mol. The third kappa shape index (κ3) is 4.20. The molecule has 1 aromatic carbocycles. The summed E-state index contributed by atoms with van der Waals surface area (Å²) in [6, 6.07) is 6.50. The average Bonchev–Trinajstić information content (AvgIpc) is 2.90. The largest absolute Gasteiger partial charge is 0.373 e. The lowest BCUT2D eigenvalue weighted by Gasteiger charge is -2.25. The van der Waals surface area contributed by atoms with Crippen molar-refractivity contribution < 1.29 is 0 Å². The van der Waals surface area contributed by atoms with Crippen LogP contribution in [0.1, 0.15) is 18.4 Å². The van der Waals surface area contributed by atoms with Gasteiger partial charge in [0.2, 0.25) is 0 Å². The SMILES string of the molecule is CN(CCN1CCCC1)c1ccc(Br)cc1CCN. The summed E-state index contributed by atoms with van der Waals surface area (Å²) in [7, 11) is 2.18. The molecule has 106 valence electrons.